The van der Waals surface area contributed by atoms with E-state index in [4.69, 9.17) is 5.26 Å². The molecule has 1 aromatic carbocycles. The molecule has 0 unspecified atom stereocenters. The lowest BCUT2D eigenvalue weighted by molar-refractivity contribution is -0.115. The van der Waals surface area contributed by atoms with Crippen LogP contribution in [0.3, 0.4) is 0 Å². The van der Waals surface area contributed by atoms with Crippen LogP contribution in [0.1, 0.15) is 41.8 Å². The van der Waals surface area contributed by atoms with Gasteiger partial charge in [-0.2, -0.15) is 15.6 Å². The maximum absolute atomic E-state index is 12.4. The smallest absolute Gasteiger partial charge is 0.229 e. The maximum atomic E-state index is 12.4. The number of nitrogens with zero attached hydrogens (tertiary/aromatic N) is 5. The first-order chi connectivity index (χ1) is 14.5. The van der Waals surface area contributed by atoms with Crippen molar-refractivity contribution < 1.29 is 4.79 Å². The molecule has 0 saturated heterocycles. The fraction of sp³-hybridized carbons (Fsp3) is 0.261. The number of rotatable bonds is 7. The van der Waals surface area contributed by atoms with E-state index in [1.54, 1.807) is 35.1 Å². The lowest BCUT2D eigenvalue weighted by Crippen LogP contribution is -2.15. The number of aromatic nitrogens is 3. The second-order valence-corrected chi connectivity index (χ2v) is 7.47. The molecule has 7 nitrogen and oxygen atoms in total. The van der Waals surface area contributed by atoms with Gasteiger partial charge in [0.2, 0.25) is 5.91 Å². The molecule has 7 heteroatoms. The summed E-state index contributed by atoms with van der Waals surface area (Å²) >= 11 is 0. The summed E-state index contributed by atoms with van der Waals surface area (Å²) in [5, 5.41) is 25.3. The number of pyridine rings is 1. The highest BCUT2D eigenvalue weighted by Gasteiger charge is 2.10. The van der Waals surface area contributed by atoms with Gasteiger partial charge in [-0.15, -0.1) is 0 Å². The summed E-state index contributed by atoms with van der Waals surface area (Å²) in [6.07, 6.45) is 4.27. The van der Waals surface area contributed by atoms with Crippen LogP contribution in [0, 0.1) is 28.6 Å². The van der Waals surface area contributed by atoms with Crippen LogP contribution in [0.2, 0.25) is 0 Å². The monoisotopic (exact) mass is 398 g/mol. The van der Waals surface area contributed by atoms with Gasteiger partial charge in [0.1, 0.15) is 6.07 Å². The van der Waals surface area contributed by atoms with Gasteiger partial charge in [-0.3, -0.25) is 14.5 Å². The van der Waals surface area contributed by atoms with Crippen molar-refractivity contribution in [3.8, 4) is 12.1 Å². The molecule has 2 aromatic heterocycles. The Hall–Kier alpha value is -3.97. The van der Waals surface area contributed by atoms with E-state index < -0.39 is 0 Å². The molecule has 1 amide bonds. The Balaban J connectivity index is 1.60. The molecule has 0 bridgehead atoms. The first kappa shape index (κ1) is 20.8. The Morgan fingerprint density at radius 2 is 2.00 bits per heavy atom. The van der Waals surface area contributed by atoms with Crippen molar-refractivity contribution in [3.05, 3.63) is 76.7 Å². The first-order valence-electron chi connectivity index (χ1n) is 9.67. The molecule has 0 saturated carbocycles. The first-order valence-corrected chi connectivity index (χ1v) is 9.67. The Morgan fingerprint density at radius 3 is 2.67 bits per heavy atom. The molecule has 1 N–H and O–H groups in total. The molecular formula is C23H22N6O. The molecule has 3 aromatic rings. The largest absolute Gasteiger partial charge is 0.309 e. The summed E-state index contributed by atoms with van der Waals surface area (Å²) in [5.74, 6) is 0.712. The van der Waals surface area contributed by atoms with Crippen LogP contribution >= 0.6 is 0 Å². The van der Waals surface area contributed by atoms with Crippen molar-refractivity contribution in [3.63, 3.8) is 0 Å². The number of amides is 1. The van der Waals surface area contributed by atoms with Crippen LogP contribution in [-0.4, -0.2) is 20.7 Å². The van der Waals surface area contributed by atoms with Crippen molar-refractivity contribution in [1.29, 1.82) is 10.5 Å². The second kappa shape index (κ2) is 9.49. The van der Waals surface area contributed by atoms with Crippen molar-refractivity contribution in [2.45, 2.75) is 33.2 Å². The third kappa shape index (κ3) is 5.52. The van der Waals surface area contributed by atoms with E-state index >= 15 is 0 Å². The lowest BCUT2D eigenvalue weighted by Gasteiger charge is -2.09. The predicted octanol–water partition coefficient (Wildman–Crippen LogP) is 3.45. The average Bonchev–Trinajstić information content (AvgIpc) is 3.15. The molecular weight excluding hydrogens is 376 g/mol. The summed E-state index contributed by atoms with van der Waals surface area (Å²) in [4.78, 5) is 16.6. The van der Waals surface area contributed by atoms with Crippen LogP contribution in [-0.2, 0) is 24.2 Å². The van der Waals surface area contributed by atoms with E-state index in [-0.39, 0.29) is 12.3 Å². The molecule has 30 heavy (non-hydrogen) atoms. The molecule has 0 atom stereocenters. The zero-order chi connectivity index (χ0) is 21.5. The van der Waals surface area contributed by atoms with E-state index in [1.807, 2.05) is 18.2 Å². The van der Waals surface area contributed by atoms with Gasteiger partial charge in [0.05, 0.1) is 35.9 Å². The molecule has 3 rings (SSSR count). The van der Waals surface area contributed by atoms with Crippen LogP contribution in [0.5, 0.6) is 0 Å². The predicted molar refractivity (Wildman–Crippen MR) is 112 cm³/mol. The van der Waals surface area contributed by atoms with E-state index in [0.29, 0.717) is 29.4 Å². The number of hydrogen-bond acceptors (Lipinski definition) is 5. The normalized spacial score (nSPS) is 10.4. The third-order valence-corrected chi connectivity index (χ3v) is 4.47. The quantitative estimate of drug-likeness (QED) is 0.656. The van der Waals surface area contributed by atoms with Gasteiger partial charge in [-0.1, -0.05) is 26.0 Å². The van der Waals surface area contributed by atoms with Crippen LogP contribution in [0.15, 0.2) is 48.8 Å². The van der Waals surface area contributed by atoms with Gasteiger partial charge < -0.3 is 5.32 Å². The Kier molecular flexibility index (Phi) is 6.56. The highest BCUT2D eigenvalue weighted by molar-refractivity contribution is 5.91. The topological polar surface area (TPSA) is 107 Å². The third-order valence-electron chi connectivity index (χ3n) is 4.47. The molecule has 0 radical (unpaired) electrons. The maximum Gasteiger partial charge on any atom is 0.229 e. The van der Waals surface area contributed by atoms with E-state index in [2.05, 4.69) is 35.3 Å². The number of nitriles is 2. The number of carbonyl (C=O) groups excluding carboxylic acids is 1. The standard InChI is InChI=1S/C23H22N6O/c1-16(2)9-19-5-3-17(10-20(19)13-25)11-23(30)27-22-7-8-29(28-22)15-21-6-4-18(12-24)14-26-21/h3-8,10,14,16H,9,11,15H2,1-2H3,(H,27,28,30). The highest BCUT2D eigenvalue weighted by Crippen LogP contribution is 2.16. The van der Waals surface area contributed by atoms with Crippen molar-refractivity contribution in [2.24, 2.45) is 5.92 Å². The van der Waals surface area contributed by atoms with Crippen molar-refractivity contribution in [1.82, 2.24) is 14.8 Å². The van der Waals surface area contributed by atoms with Crippen molar-refractivity contribution >= 4 is 11.7 Å². The molecule has 2 heterocycles. The zero-order valence-corrected chi connectivity index (χ0v) is 17.0. The molecule has 0 aliphatic carbocycles. The fourth-order valence-corrected chi connectivity index (χ4v) is 3.09. The summed E-state index contributed by atoms with van der Waals surface area (Å²) in [6, 6.07) is 15.1. The van der Waals surface area contributed by atoms with Crippen LogP contribution < -0.4 is 5.32 Å². The number of hydrogen-bond donors (Lipinski definition) is 1. The Morgan fingerprint density at radius 1 is 1.17 bits per heavy atom. The van der Waals surface area contributed by atoms with E-state index in [0.717, 1.165) is 23.2 Å². The summed E-state index contributed by atoms with van der Waals surface area (Å²) in [5.41, 5.74) is 3.68. The summed E-state index contributed by atoms with van der Waals surface area (Å²) in [6.45, 7) is 4.66. The van der Waals surface area contributed by atoms with Crippen LogP contribution in [0.25, 0.3) is 0 Å². The minimum Gasteiger partial charge on any atom is -0.309 e. The minimum absolute atomic E-state index is 0.167. The van der Waals surface area contributed by atoms with Gasteiger partial charge >= 0.3 is 0 Å². The number of carbonyl (C=O) groups is 1. The van der Waals surface area contributed by atoms with Gasteiger partial charge in [0, 0.05) is 18.5 Å². The van der Waals surface area contributed by atoms with Gasteiger partial charge in [0.25, 0.3) is 0 Å². The number of nitrogens with one attached hydrogen (secondary N) is 1. The Bertz CT molecular complexity index is 1120. The minimum atomic E-state index is -0.197. The highest BCUT2D eigenvalue weighted by atomic mass is 16.1. The van der Waals surface area contributed by atoms with Crippen molar-refractivity contribution in [2.75, 3.05) is 5.32 Å². The SMILES string of the molecule is CC(C)Cc1ccc(CC(=O)Nc2ccn(Cc3ccc(C#N)cn3)n2)cc1C#N. The number of benzene rings is 1. The molecule has 150 valence electrons. The van der Waals surface area contributed by atoms with Crippen LogP contribution in [0.4, 0.5) is 5.82 Å². The van der Waals surface area contributed by atoms with E-state index in [9.17, 15) is 10.1 Å². The second-order valence-electron chi connectivity index (χ2n) is 7.47. The fourth-order valence-electron chi connectivity index (χ4n) is 3.09. The lowest BCUT2D eigenvalue weighted by atomic mass is 9.96. The zero-order valence-electron chi connectivity index (χ0n) is 17.0. The van der Waals surface area contributed by atoms with Gasteiger partial charge in [-0.05, 0) is 41.7 Å². The van der Waals surface area contributed by atoms with Gasteiger partial charge in [-0.25, -0.2) is 0 Å². The average molecular weight is 398 g/mol. The van der Waals surface area contributed by atoms with Gasteiger partial charge in [0.15, 0.2) is 5.82 Å². The van der Waals surface area contributed by atoms with E-state index in [1.165, 1.54) is 6.20 Å². The molecule has 0 spiro atoms. The molecule has 0 aliphatic rings. The summed E-state index contributed by atoms with van der Waals surface area (Å²) in [7, 11) is 0. The summed E-state index contributed by atoms with van der Waals surface area (Å²) < 4.78 is 1.67. The molecule has 0 fully saturated rings. The molecule has 0 aliphatic heterocycles. The number of anilines is 1. The Labute approximate surface area is 175 Å².